The summed E-state index contributed by atoms with van der Waals surface area (Å²) in [5, 5.41) is 6.41. The Bertz CT molecular complexity index is 372. The monoisotopic (exact) mass is 331 g/mol. The Labute approximate surface area is 140 Å². The maximum atomic E-state index is 12.1. The van der Waals surface area contributed by atoms with Crippen LogP contribution < -0.4 is 10.6 Å². The molecular weight excluding hydrogens is 302 g/mol. The highest BCUT2D eigenvalue weighted by atomic mass is 35.5. The average molecular weight is 332 g/mol. The summed E-state index contributed by atoms with van der Waals surface area (Å²) in [6.07, 6.45) is 4.56. The van der Waals surface area contributed by atoms with Gasteiger partial charge < -0.3 is 15.5 Å². The van der Waals surface area contributed by atoms with Gasteiger partial charge in [-0.25, -0.2) is 0 Å². The SMILES string of the molecule is CC(CN1CCCC1=O)NC(=O)CC(C)C1CCNCC1.Cl. The molecule has 2 amide bonds. The molecule has 0 radical (unpaired) electrons. The molecule has 0 bridgehead atoms. The van der Waals surface area contributed by atoms with Gasteiger partial charge in [0.25, 0.3) is 0 Å². The molecule has 2 atom stereocenters. The second-order valence-electron chi connectivity index (χ2n) is 6.68. The second kappa shape index (κ2) is 9.36. The van der Waals surface area contributed by atoms with Crippen LogP contribution in [0, 0.1) is 11.8 Å². The number of rotatable bonds is 6. The van der Waals surface area contributed by atoms with Gasteiger partial charge in [0, 0.05) is 32.0 Å². The van der Waals surface area contributed by atoms with E-state index in [1.54, 1.807) is 0 Å². The third-order valence-corrected chi connectivity index (χ3v) is 4.77. The molecule has 2 rings (SSSR count). The molecule has 2 N–H and O–H groups in total. The van der Waals surface area contributed by atoms with Crippen molar-refractivity contribution in [2.45, 2.75) is 52.0 Å². The van der Waals surface area contributed by atoms with Crippen LogP contribution >= 0.6 is 12.4 Å². The number of piperidine rings is 1. The maximum Gasteiger partial charge on any atom is 0.222 e. The molecule has 0 aromatic heterocycles. The van der Waals surface area contributed by atoms with Gasteiger partial charge in [0.15, 0.2) is 0 Å². The van der Waals surface area contributed by atoms with Crippen LogP contribution in [-0.4, -0.2) is 48.9 Å². The maximum absolute atomic E-state index is 12.1. The molecule has 5 nitrogen and oxygen atoms in total. The molecule has 0 aromatic rings. The number of nitrogens with one attached hydrogen (secondary N) is 2. The van der Waals surface area contributed by atoms with E-state index in [2.05, 4.69) is 17.6 Å². The highest BCUT2D eigenvalue weighted by molar-refractivity contribution is 5.85. The highest BCUT2D eigenvalue weighted by Crippen LogP contribution is 2.24. The van der Waals surface area contributed by atoms with E-state index in [0.717, 1.165) is 26.1 Å². The van der Waals surface area contributed by atoms with E-state index in [4.69, 9.17) is 0 Å². The summed E-state index contributed by atoms with van der Waals surface area (Å²) in [6, 6.07) is 0.0415. The number of nitrogens with zero attached hydrogens (tertiary/aromatic N) is 1. The lowest BCUT2D eigenvalue weighted by atomic mass is 9.84. The minimum absolute atomic E-state index is 0. The number of hydrogen-bond donors (Lipinski definition) is 2. The number of amides is 2. The molecule has 128 valence electrons. The lowest BCUT2D eigenvalue weighted by Crippen LogP contribution is -2.43. The van der Waals surface area contributed by atoms with Gasteiger partial charge in [0.05, 0.1) is 0 Å². The van der Waals surface area contributed by atoms with Crippen molar-refractivity contribution in [1.29, 1.82) is 0 Å². The topological polar surface area (TPSA) is 61.4 Å². The van der Waals surface area contributed by atoms with Gasteiger partial charge in [0.2, 0.25) is 11.8 Å². The van der Waals surface area contributed by atoms with Gasteiger partial charge >= 0.3 is 0 Å². The summed E-state index contributed by atoms with van der Waals surface area (Å²) in [6.45, 7) is 7.80. The molecule has 0 saturated carbocycles. The van der Waals surface area contributed by atoms with Crippen LogP contribution in [0.15, 0.2) is 0 Å². The third kappa shape index (κ3) is 5.76. The molecule has 0 aromatic carbocycles. The van der Waals surface area contributed by atoms with E-state index in [0.29, 0.717) is 31.2 Å². The van der Waals surface area contributed by atoms with E-state index in [1.807, 2.05) is 11.8 Å². The van der Waals surface area contributed by atoms with E-state index in [9.17, 15) is 9.59 Å². The standard InChI is InChI=1S/C16H29N3O2.ClH/c1-12(14-5-7-17-8-6-14)10-15(20)18-13(2)11-19-9-3-4-16(19)21;/h12-14,17H,3-11H2,1-2H3,(H,18,20);1H. The first kappa shape index (κ1) is 19.2. The van der Waals surface area contributed by atoms with Gasteiger partial charge in [-0.15, -0.1) is 12.4 Å². The minimum Gasteiger partial charge on any atom is -0.352 e. The molecule has 0 spiro atoms. The average Bonchev–Trinajstić information content (AvgIpc) is 2.84. The summed E-state index contributed by atoms with van der Waals surface area (Å²) in [4.78, 5) is 25.6. The van der Waals surface area contributed by atoms with Crippen LogP contribution in [-0.2, 0) is 9.59 Å². The van der Waals surface area contributed by atoms with Gasteiger partial charge in [0.1, 0.15) is 0 Å². The van der Waals surface area contributed by atoms with Crippen molar-refractivity contribution >= 4 is 24.2 Å². The molecule has 2 heterocycles. The summed E-state index contributed by atoms with van der Waals surface area (Å²) in [7, 11) is 0. The number of likely N-dealkylation sites (tertiary alicyclic amines) is 1. The predicted molar refractivity (Wildman–Crippen MR) is 90.0 cm³/mol. The Kier molecular flexibility index (Phi) is 8.18. The van der Waals surface area contributed by atoms with E-state index in [-0.39, 0.29) is 30.3 Å². The number of halogens is 1. The molecule has 6 heteroatoms. The van der Waals surface area contributed by atoms with Crippen molar-refractivity contribution in [3.05, 3.63) is 0 Å². The van der Waals surface area contributed by atoms with E-state index < -0.39 is 0 Å². The van der Waals surface area contributed by atoms with Gasteiger partial charge in [-0.1, -0.05) is 6.92 Å². The van der Waals surface area contributed by atoms with Gasteiger partial charge in [-0.05, 0) is 51.1 Å². The van der Waals surface area contributed by atoms with Crippen LogP contribution in [0.4, 0.5) is 0 Å². The fraction of sp³-hybridized carbons (Fsp3) is 0.875. The fourth-order valence-electron chi connectivity index (χ4n) is 3.48. The highest BCUT2D eigenvalue weighted by Gasteiger charge is 2.24. The summed E-state index contributed by atoms with van der Waals surface area (Å²) in [5.41, 5.74) is 0. The van der Waals surface area contributed by atoms with Crippen molar-refractivity contribution in [2.75, 3.05) is 26.2 Å². The van der Waals surface area contributed by atoms with Crippen molar-refractivity contribution in [3.63, 3.8) is 0 Å². The minimum atomic E-state index is 0. The first-order chi connectivity index (χ1) is 10.1. The smallest absolute Gasteiger partial charge is 0.222 e. The molecular formula is C16H30ClN3O2. The van der Waals surface area contributed by atoms with Crippen LogP contribution in [0.5, 0.6) is 0 Å². The molecule has 2 aliphatic rings. The Hall–Kier alpha value is -0.810. The number of carbonyl (C=O) groups is 2. The van der Waals surface area contributed by atoms with Crippen molar-refractivity contribution in [2.24, 2.45) is 11.8 Å². The van der Waals surface area contributed by atoms with Crippen molar-refractivity contribution in [3.8, 4) is 0 Å². The lowest BCUT2D eigenvalue weighted by molar-refractivity contribution is -0.129. The van der Waals surface area contributed by atoms with E-state index >= 15 is 0 Å². The summed E-state index contributed by atoms with van der Waals surface area (Å²) >= 11 is 0. The fourth-order valence-corrected chi connectivity index (χ4v) is 3.48. The third-order valence-electron chi connectivity index (χ3n) is 4.77. The largest absolute Gasteiger partial charge is 0.352 e. The molecule has 2 aliphatic heterocycles. The Morgan fingerprint density at radius 2 is 2.05 bits per heavy atom. The first-order valence-corrected chi connectivity index (χ1v) is 8.34. The zero-order valence-corrected chi connectivity index (χ0v) is 14.6. The number of carbonyl (C=O) groups excluding carboxylic acids is 2. The summed E-state index contributed by atoms with van der Waals surface area (Å²) in [5.74, 6) is 1.44. The molecule has 22 heavy (non-hydrogen) atoms. The van der Waals surface area contributed by atoms with E-state index in [1.165, 1.54) is 12.8 Å². The lowest BCUT2D eigenvalue weighted by Gasteiger charge is -2.28. The Morgan fingerprint density at radius 3 is 2.64 bits per heavy atom. The summed E-state index contributed by atoms with van der Waals surface area (Å²) < 4.78 is 0. The quantitative estimate of drug-likeness (QED) is 0.776. The first-order valence-electron chi connectivity index (χ1n) is 8.34. The number of hydrogen-bond acceptors (Lipinski definition) is 3. The Balaban J connectivity index is 0.00000242. The van der Waals surface area contributed by atoms with Gasteiger partial charge in [-0.3, -0.25) is 9.59 Å². The van der Waals surface area contributed by atoms with Crippen molar-refractivity contribution in [1.82, 2.24) is 15.5 Å². The van der Waals surface area contributed by atoms with Crippen LogP contribution in [0.2, 0.25) is 0 Å². The van der Waals surface area contributed by atoms with Crippen LogP contribution in [0.25, 0.3) is 0 Å². The van der Waals surface area contributed by atoms with Crippen molar-refractivity contribution < 1.29 is 9.59 Å². The Morgan fingerprint density at radius 1 is 1.36 bits per heavy atom. The molecule has 2 unspecified atom stereocenters. The molecule has 2 fully saturated rings. The zero-order chi connectivity index (χ0) is 15.2. The molecule has 0 aliphatic carbocycles. The normalized spacial score (nSPS) is 22.1. The zero-order valence-electron chi connectivity index (χ0n) is 13.8. The predicted octanol–water partition coefficient (Wildman–Crippen LogP) is 1.56. The molecule has 2 saturated heterocycles. The second-order valence-corrected chi connectivity index (χ2v) is 6.68. The van der Waals surface area contributed by atoms with Gasteiger partial charge in [-0.2, -0.15) is 0 Å². The van der Waals surface area contributed by atoms with Crippen LogP contribution in [0.1, 0.15) is 46.0 Å². The van der Waals surface area contributed by atoms with Crippen LogP contribution in [0.3, 0.4) is 0 Å².